The van der Waals surface area contributed by atoms with Crippen molar-refractivity contribution in [2.75, 3.05) is 31.6 Å². The number of anilines is 1. The summed E-state index contributed by atoms with van der Waals surface area (Å²) in [4.78, 5) is 22.7. The van der Waals surface area contributed by atoms with E-state index in [0.29, 0.717) is 19.0 Å². The minimum Gasteiger partial charge on any atom is -0.369 e. The Morgan fingerprint density at radius 1 is 1.26 bits per heavy atom. The van der Waals surface area contributed by atoms with E-state index in [0.717, 1.165) is 43.3 Å². The summed E-state index contributed by atoms with van der Waals surface area (Å²) >= 11 is 0. The molecule has 0 aliphatic carbocycles. The minimum atomic E-state index is -0.229. The molecule has 1 aliphatic heterocycles. The molecule has 7 nitrogen and oxygen atoms in total. The Morgan fingerprint density at radius 2 is 2.03 bits per heavy atom. The number of nitrogens with two attached hydrogens (primary N) is 1. The molecule has 8 heteroatoms. The van der Waals surface area contributed by atoms with E-state index in [1.165, 1.54) is 5.56 Å². The number of nitrogens with one attached hydrogen (secondary N) is 2. The molecule has 1 aromatic carbocycles. The number of rotatable bonds is 7. The van der Waals surface area contributed by atoms with Crippen LogP contribution in [0.5, 0.6) is 0 Å². The highest BCUT2D eigenvalue weighted by atomic mass is 127. The maximum atomic E-state index is 11.6. The van der Waals surface area contributed by atoms with Crippen LogP contribution in [0.2, 0.25) is 0 Å². The predicted molar refractivity (Wildman–Crippen MR) is 137 cm³/mol. The number of benzene rings is 1. The summed E-state index contributed by atoms with van der Waals surface area (Å²) in [6.07, 6.45) is 3.58. The van der Waals surface area contributed by atoms with Crippen LogP contribution >= 0.6 is 24.0 Å². The molecule has 2 heterocycles. The van der Waals surface area contributed by atoms with Gasteiger partial charge >= 0.3 is 0 Å². The smallest absolute Gasteiger partial charge is 0.222 e. The first-order valence-corrected chi connectivity index (χ1v) is 10.6. The Morgan fingerprint density at radius 3 is 2.74 bits per heavy atom. The monoisotopic (exact) mass is 536 g/mol. The van der Waals surface area contributed by atoms with E-state index in [2.05, 4.69) is 62.8 Å². The molecule has 2 unspecified atom stereocenters. The van der Waals surface area contributed by atoms with Crippen molar-refractivity contribution in [1.29, 1.82) is 0 Å². The predicted octanol–water partition coefficient (Wildman–Crippen LogP) is 2.87. The Kier molecular flexibility index (Phi) is 10.0. The highest BCUT2D eigenvalue weighted by Gasteiger charge is 2.26. The Hall–Kier alpha value is -2.36. The van der Waals surface area contributed by atoms with Gasteiger partial charge in [-0.3, -0.25) is 9.79 Å². The van der Waals surface area contributed by atoms with Gasteiger partial charge in [0.2, 0.25) is 5.91 Å². The van der Waals surface area contributed by atoms with Gasteiger partial charge in [-0.05, 0) is 30.4 Å². The van der Waals surface area contributed by atoms with E-state index in [4.69, 9.17) is 5.73 Å². The van der Waals surface area contributed by atoms with Crippen LogP contribution in [-0.4, -0.2) is 43.5 Å². The fourth-order valence-electron chi connectivity index (χ4n) is 3.80. The molecule has 0 saturated carbocycles. The van der Waals surface area contributed by atoms with Crippen LogP contribution in [0, 0.1) is 5.92 Å². The van der Waals surface area contributed by atoms with Crippen LogP contribution in [0.3, 0.4) is 0 Å². The van der Waals surface area contributed by atoms with Crippen molar-refractivity contribution in [1.82, 2.24) is 15.6 Å². The van der Waals surface area contributed by atoms with Gasteiger partial charge in [-0.15, -0.1) is 24.0 Å². The molecule has 2 atom stereocenters. The summed E-state index contributed by atoms with van der Waals surface area (Å²) in [5.41, 5.74) is 7.91. The van der Waals surface area contributed by atoms with Crippen molar-refractivity contribution in [3.63, 3.8) is 0 Å². The number of carbonyl (C=O) groups is 1. The third-order valence-electron chi connectivity index (χ3n) is 5.60. The number of pyridine rings is 1. The zero-order valence-electron chi connectivity index (χ0n) is 18.3. The van der Waals surface area contributed by atoms with Crippen molar-refractivity contribution >= 4 is 41.7 Å². The molecule has 1 fully saturated rings. The Bertz CT molecular complexity index is 860. The molecule has 1 saturated heterocycles. The van der Waals surface area contributed by atoms with E-state index in [1.54, 1.807) is 13.2 Å². The number of halogens is 1. The standard InChI is InChI=1S/C23H32N6O.HI/c1-17(18-8-4-3-5-9-18)14-27-23(25-2)28-15-19-10-6-12-26-22(19)29-13-7-11-20(16-29)21(24)30;/h3-6,8-10,12,17,20H,7,11,13-16H2,1-2H3,(H2,24,30)(H2,25,27,28);1H. The quantitative estimate of drug-likeness (QED) is 0.288. The number of hydrogen-bond donors (Lipinski definition) is 3. The van der Waals surface area contributed by atoms with Crippen LogP contribution < -0.4 is 21.3 Å². The van der Waals surface area contributed by atoms with Gasteiger partial charge in [-0.1, -0.05) is 43.3 Å². The first-order valence-electron chi connectivity index (χ1n) is 10.6. The summed E-state index contributed by atoms with van der Waals surface area (Å²) < 4.78 is 0. The van der Waals surface area contributed by atoms with Gasteiger partial charge in [0.05, 0.1) is 5.92 Å². The zero-order valence-corrected chi connectivity index (χ0v) is 20.6. The van der Waals surface area contributed by atoms with Crippen LogP contribution in [0.4, 0.5) is 5.82 Å². The topological polar surface area (TPSA) is 95.6 Å². The summed E-state index contributed by atoms with van der Waals surface area (Å²) in [5.74, 6) is 1.69. The van der Waals surface area contributed by atoms with Gasteiger partial charge in [-0.25, -0.2) is 4.98 Å². The lowest BCUT2D eigenvalue weighted by molar-refractivity contribution is -0.122. The summed E-state index contributed by atoms with van der Waals surface area (Å²) in [5, 5.41) is 6.79. The average molecular weight is 536 g/mol. The number of aliphatic imine (C=N–C) groups is 1. The third kappa shape index (κ3) is 7.09. The number of guanidine groups is 1. The molecule has 1 amide bonds. The molecule has 0 spiro atoms. The van der Waals surface area contributed by atoms with Gasteiger partial charge in [0, 0.05) is 45.0 Å². The van der Waals surface area contributed by atoms with Gasteiger partial charge in [0.15, 0.2) is 5.96 Å². The van der Waals surface area contributed by atoms with Crippen molar-refractivity contribution in [2.45, 2.75) is 32.2 Å². The molecule has 0 radical (unpaired) electrons. The lowest BCUT2D eigenvalue weighted by atomic mass is 9.97. The van der Waals surface area contributed by atoms with E-state index >= 15 is 0 Å². The van der Waals surface area contributed by atoms with E-state index in [9.17, 15) is 4.79 Å². The first-order chi connectivity index (χ1) is 14.6. The number of amides is 1. The number of piperidine rings is 1. The van der Waals surface area contributed by atoms with Crippen molar-refractivity contribution < 1.29 is 4.79 Å². The fourth-order valence-corrected chi connectivity index (χ4v) is 3.80. The number of nitrogens with zero attached hydrogens (tertiary/aromatic N) is 3. The lowest BCUT2D eigenvalue weighted by Gasteiger charge is -2.33. The van der Waals surface area contributed by atoms with Gasteiger partial charge in [-0.2, -0.15) is 0 Å². The van der Waals surface area contributed by atoms with E-state index in [-0.39, 0.29) is 35.8 Å². The Balaban J connectivity index is 0.00000341. The average Bonchev–Trinajstić information content (AvgIpc) is 2.80. The van der Waals surface area contributed by atoms with Crippen molar-refractivity contribution in [3.05, 3.63) is 59.8 Å². The molecular formula is C23H33IN6O. The van der Waals surface area contributed by atoms with E-state index < -0.39 is 0 Å². The number of hydrogen-bond acceptors (Lipinski definition) is 4. The fraction of sp³-hybridized carbons (Fsp3) is 0.435. The summed E-state index contributed by atoms with van der Waals surface area (Å²) in [7, 11) is 1.77. The lowest BCUT2D eigenvalue weighted by Crippen LogP contribution is -2.42. The Labute approximate surface area is 201 Å². The maximum absolute atomic E-state index is 11.6. The van der Waals surface area contributed by atoms with Gasteiger partial charge in [0.1, 0.15) is 5.82 Å². The summed E-state index contributed by atoms with van der Waals surface area (Å²) in [6.45, 7) is 5.09. The molecule has 168 valence electrons. The number of aromatic nitrogens is 1. The second kappa shape index (κ2) is 12.5. The largest absolute Gasteiger partial charge is 0.369 e. The normalized spacial score (nSPS) is 17.4. The molecular weight excluding hydrogens is 503 g/mol. The highest BCUT2D eigenvalue weighted by molar-refractivity contribution is 14.0. The molecule has 4 N–H and O–H groups in total. The molecule has 3 rings (SSSR count). The third-order valence-corrected chi connectivity index (χ3v) is 5.60. The van der Waals surface area contributed by atoms with E-state index in [1.807, 2.05) is 12.1 Å². The zero-order chi connectivity index (χ0) is 21.3. The summed E-state index contributed by atoms with van der Waals surface area (Å²) in [6, 6.07) is 14.4. The molecule has 1 aliphatic rings. The van der Waals surface area contributed by atoms with Gasteiger partial charge < -0.3 is 21.3 Å². The number of carbonyl (C=O) groups excluding carboxylic acids is 1. The number of primary amides is 1. The second-order valence-electron chi connectivity index (χ2n) is 7.79. The van der Waals surface area contributed by atoms with Crippen LogP contribution in [0.25, 0.3) is 0 Å². The van der Waals surface area contributed by atoms with Crippen LogP contribution in [-0.2, 0) is 11.3 Å². The van der Waals surface area contributed by atoms with Crippen molar-refractivity contribution in [3.8, 4) is 0 Å². The van der Waals surface area contributed by atoms with Crippen LogP contribution in [0.1, 0.15) is 36.8 Å². The minimum absolute atomic E-state index is 0. The maximum Gasteiger partial charge on any atom is 0.222 e. The van der Waals surface area contributed by atoms with Gasteiger partial charge in [0.25, 0.3) is 0 Å². The van der Waals surface area contributed by atoms with Crippen LogP contribution in [0.15, 0.2) is 53.7 Å². The molecule has 0 bridgehead atoms. The SMILES string of the molecule is CN=C(NCc1cccnc1N1CCCC(C(N)=O)C1)NCC(C)c1ccccc1.I. The molecule has 1 aromatic heterocycles. The second-order valence-corrected chi connectivity index (χ2v) is 7.79. The highest BCUT2D eigenvalue weighted by Crippen LogP contribution is 2.24. The molecule has 31 heavy (non-hydrogen) atoms. The molecule has 2 aromatic rings. The first kappa shape index (κ1) is 24.9. The van der Waals surface area contributed by atoms with Crippen molar-refractivity contribution in [2.24, 2.45) is 16.6 Å².